The molecule has 0 aliphatic rings. The van der Waals surface area contributed by atoms with Crippen molar-refractivity contribution >= 4 is 5.91 Å². The van der Waals surface area contributed by atoms with Crippen LogP contribution in [0.5, 0.6) is 0 Å². The van der Waals surface area contributed by atoms with Gasteiger partial charge in [0, 0.05) is 23.7 Å². The van der Waals surface area contributed by atoms with E-state index in [0.717, 1.165) is 17.0 Å². The summed E-state index contributed by atoms with van der Waals surface area (Å²) in [4.78, 5) is 11.8. The van der Waals surface area contributed by atoms with E-state index < -0.39 is 0 Å². The minimum absolute atomic E-state index is 0.0631. The lowest BCUT2D eigenvalue weighted by molar-refractivity contribution is -0.122. The van der Waals surface area contributed by atoms with E-state index in [2.05, 4.69) is 20.6 Å². The molecular formula is C12H17N5O. The number of amides is 1. The van der Waals surface area contributed by atoms with Gasteiger partial charge in [-0.25, -0.2) is 0 Å². The topological polar surface area (TPSA) is 75.6 Å². The summed E-state index contributed by atoms with van der Waals surface area (Å²) in [6.07, 6.45) is 3.42. The van der Waals surface area contributed by atoms with Gasteiger partial charge in [-0.2, -0.15) is 10.2 Å². The van der Waals surface area contributed by atoms with Crippen molar-refractivity contribution in [1.82, 2.24) is 25.3 Å². The maximum atomic E-state index is 11.8. The van der Waals surface area contributed by atoms with Crippen molar-refractivity contribution in [3.05, 3.63) is 35.4 Å². The van der Waals surface area contributed by atoms with Crippen molar-refractivity contribution in [2.24, 2.45) is 0 Å². The summed E-state index contributed by atoms with van der Waals surface area (Å²) in [5.74, 6) is -0.0637. The van der Waals surface area contributed by atoms with E-state index in [-0.39, 0.29) is 18.5 Å². The minimum Gasteiger partial charge on any atom is -0.348 e. The summed E-state index contributed by atoms with van der Waals surface area (Å²) in [6, 6.07) is 1.73. The Morgan fingerprint density at radius 1 is 1.56 bits per heavy atom. The molecule has 18 heavy (non-hydrogen) atoms. The van der Waals surface area contributed by atoms with Gasteiger partial charge in [-0.3, -0.25) is 14.6 Å². The molecule has 0 saturated heterocycles. The van der Waals surface area contributed by atoms with E-state index in [1.54, 1.807) is 23.1 Å². The molecular weight excluding hydrogens is 230 g/mol. The van der Waals surface area contributed by atoms with Gasteiger partial charge in [0.05, 0.1) is 11.7 Å². The van der Waals surface area contributed by atoms with Crippen LogP contribution in [0.1, 0.15) is 29.9 Å². The maximum absolute atomic E-state index is 11.8. The molecule has 2 rings (SSSR count). The number of aryl methyl sites for hydroxylation is 2. The number of nitrogens with one attached hydrogen (secondary N) is 2. The molecule has 2 aromatic heterocycles. The van der Waals surface area contributed by atoms with Crippen LogP contribution in [0.25, 0.3) is 0 Å². The molecule has 1 atom stereocenters. The molecule has 0 bridgehead atoms. The van der Waals surface area contributed by atoms with Crippen LogP contribution in [0.15, 0.2) is 18.5 Å². The summed E-state index contributed by atoms with van der Waals surface area (Å²) >= 11 is 0. The highest BCUT2D eigenvalue weighted by Crippen LogP contribution is 2.18. The molecule has 0 aliphatic carbocycles. The fraction of sp³-hybridized carbons (Fsp3) is 0.417. The third-order valence-electron chi connectivity index (χ3n) is 2.86. The zero-order valence-corrected chi connectivity index (χ0v) is 10.8. The Morgan fingerprint density at radius 2 is 2.33 bits per heavy atom. The quantitative estimate of drug-likeness (QED) is 0.849. The largest absolute Gasteiger partial charge is 0.348 e. The van der Waals surface area contributed by atoms with Crippen LogP contribution >= 0.6 is 0 Å². The van der Waals surface area contributed by atoms with Crippen LogP contribution in [-0.4, -0.2) is 25.9 Å². The monoisotopic (exact) mass is 247 g/mol. The van der Waals surface area contributed by atoms with Crippen LogP contribution in [0.2, 0.25) is 0 Å². The lowest BCUT2D eigenvalue weighted by Gasteiger charge is -2.14. The third kappa shape index (κ3) is 2.58. The van der Waals surface area contributed by atoms with Crippen LogP contribution < -0.4 is 5.32 Å². The molecule has 96 valence electrons. The Labute approximate surface area is 105 Å². The van der Waals surface area contributed by atoms with E-state index in [4.69, 9.17) is 0 Å². The molecule has 0 unspecified atom stereocenters. The van der Waals surface area contributed by atoms with E-state index in [1.807, 2.05) is 20.8 Å². The van der Waals surface area contributed by atoms with Gasteiger partial charge in [0.15, 0.2) is 0 Å². The molecule has 0 saturated carbocycles. The highest BCUT2D eigenvalue weighted by Gasteiger charge is 2.16. The zero-order chi connectivity index (χ0) is 13.1. The second-order valence-corrected chi connectivity index (χ2v) is 4.34. The fourth-order valence-corrected chi connectivity index (χ4v) is 2.10. The van der Waals surface area contributed by atoms with Gasteiger partial charge in [-0.1, -0.05) is 0 Å². The smallest absolute Gasteiger partial charge is 0.242 e. The first-order valence-electron chi connectivity index (χ1n) is 5.86. The number of H-pyrrole nitrogens is 1. The summed E-state index contributed by atoms with van der Waals surface area (Å²) in [5.41, 5.74) is 2.95. The number of hydrogen-bond acceptors (Lipinski definition) is 3. The maximum Gasteiger partial charge on any atom is 0.242 e. The van der Waals surface area contributed by atoms with Crippen molar-refractivity contribution in [1.29, 1.82) is 0 Å². The summed E-state index contributed by atoms with van der Waals surface area (Å²) < 4.78 is 1.59. The van der Waals surface area contributed by atoms with Gasteiger partial charge in [0.2, 0.25) is 5.91 Å². The molecule has 0 aliphatic heterocycles. The Balaban J connectivity index is 1.99. The van der Waals surface area contributed by atoms with Crippen molar-refractivity contribution < 1.29 is 4.79 Å². The summed E-state index contributed by atoms with van der Waals surface area (Å²) in [5, 5.41) is 14.0. The Kier molecular flexibility index (Phi) is 3.45. The van der Waals surface area contributed by atoms with E-state index >= 15 is 0 Å². The number of aromatic nitrogens is 4. The van der Waals surface area contributed by atoms with E-state index in [9.17, 15) is 4.79 Å². The minimum atomic E-state index is -0.0637. The van der Waals surface area contributed by atoms with Crippen LogP contribution in [-0.2, 0) is 11.3 Å². The van der Waals surface area contributed by atoms with Crippen LogP contribution in [0, 0.1) is 13.8 Å². The molecule has 0 aromatic carbocycles. The molecule has 6 nitrogen and oxygen atoms in total. The molecule has 0 spiro atoms. The van der Waals surface area contributed by atoms with Gasteiger partial charge < -0.3 is 5.32 Å². The Hall–Kier alpha value is -2.11. The standard InChI is InChI=1S/C12H17N5O/c1-8(12-9(2)15-16-10(12)3)14-11(18)7-17-6-4-5-13-17/h4-6,8H,7H2,1-3H3,(H,14,18)(H,15,16)/t8-/m0/s1. The summed E-state index contributed by atoms with van der Waals surface area (Å²) in [7, 11) is 0. The molecule has 0 radical (unpaired) electrons. The molecule has 2 heterocycles. The van der Waals surface area contributed by atoms with Crippen molar-refractivity contribution in [2.45, 2.75) is 33.4 Å². The fourth-order valence-electron chi connectivity index (χ4n) is 2.10. The number of aromatic amines is 1. The normalized spacial score (nSPS) is 12.4. The van der Waals surface area contributed by atoms with Crippen molar-refractivity contribution in [3.63, 3.8) is 0 Å². The molecule has 1 amide bonds. The zero-order valence-electron chi connectivity index (χ0n) is 10.8. The van der Waals surface area contributed by atoms with Crippen molar-refractivity contribution in [3.8, 4) is 0 Å². The average molecular weight is 247 g/mol. The highest BCUT2D eigenvalue weighted by atomic mass is 16.2. The Morgan fingerprint density at radius 3 is 2.89 bits per heavy atom. The predicted octanol–water partition coefficient (Wildman–Crippen LogP) is 1.10. The van der Waals surface area contributed by atoms with Crippen LogP contribution in [0.3, 0.4) is 0 Å². The van der Waals surface area contributed by atoms with Gasteiger partial charge >= 0.3 is 0 Å². The third-order valence-corrected chi connectivity index (χ3v) is 2.86. The Bertz CT molecular complexity index is 509. The lowest BCUT2D eigenvalue weighted by Crippen LogP contribution is -2.30. The number of carbonyl (C=O) groups excluding carboxylic acids is 1. The second-order valence-electron chi connectivity index (χ2n) is 4.34. The first-order valence-corrected chi connectivity index (χ1v) is 5.86. The number of carbonyl (C=O) groups is 1. The summed E-state index contributed by atoms with van der Waals surface area (Å²) in [6.45, 7) is 6.06. The number of rotatable bonds is 4. The van der Waals surface area contributed by atoms with E-state index in [1.165, 1.54) is 0 Å². The number of nitrogens with zero attached hydrogens (tertiary/aromatic N) is 3. The molecule has 2 aromatic rings. The first kappa shape index (κ1) is 12.3. The average Bonchev–Trinajstić information content (AvgIpc) is 2.89. The van der Waals surface area contributed by atoms with Gasteiger partial charge in [0.25, 0.3) is 0 Å². The van der Waals surface area contributed by atoms with Gasteiger partial charge in [-0.05, 0) is 26.8 Å². The highest BCUT2D eigenvalue weighted by molar-refractivity contribution is 5.76. The van der Waals surface area contributed by atoms with Gasteiger partial charge in [-0.15, -0.1) is 0 Å². The molecule has 6 heteroatoms. The number of hydrogen-bond donors (Lipinski definition) is 2. The van der Waals surface area contributed by atoms with Gasteiger partial charge in [0.1, 0.15) is 6.54 Å². The predicted molar refractivity (Wildman–Crippen MR) is 66.8 cm³/mol. The second kappa shape index (κ2) is 5.03. The first-order chi connectivity index (χ1) is 8.58. The van der Waals surface area contributed by atoms with Crippen molar-refractivity contribution in [2.75, 3.05) is 0 Å². The molecule has 2 N–H and O–H groups in total. The van der Waals surface area contributed by atoms with E-state index in [0.29, 0.717) is 0 Å². The van der Waals surface area contributed by atoms with Crippen LogP contribution in [0.4, 0.5) is 0 Å². The lowest BCUT2D eigenvalue weighted by atomic mass is 10.1. The SMILES string of the molecule is Cc1n[nH]c(C)c1[C@H](C)NC(=O)Cn1cccn1. The molecule has 0 fully saturated rings.